The van der Waals surface area contributed by atoms with Gasteiger partial charge in [-0.1, -0.05) is 44.2 Å². The summed E-state index contributed by atoms with van der Waals surface area (Å²) in [6.07, 6.45) is -0.0768. The molecule has 0 fully saturated rings. The largest absolute Gasteiger partial charge is 0.445 e. The maximum Gasteiger partial charge on any atom is 0.410 e. The van der Waals surface area contributed by atoms with Crippen molar-refractivity contribution in [3.8, 4) is 0 Å². The molecule has 0 saturated heterocycles. The zero-order valence-electron chi connectivity index (χ0n) is 18.8. The highest BCUT2D eigenvalue weighted by Crippen LogP contribution is 2.03. The van der Waals surface area contributed by atoms with Gasteiger partial charge < -0.3 is 31.3 Å². The molecule has 0 aliphatic carbocycles. The van der Waals surface area contributed by atoms with Crippen molar-refractivity contribution >= 4 is 36.2 Å². The first-order chi connectivity index (χ1) is 14.7. The van der Waals surface area contributed by atoms with Crippen LogP contribution in [0.2, 0.25) is 0 Å². The average molecular weight is 472 g/mol. The zero-order valence-corrected chi connectivity index (χ0v) is 19.6. The first-order valence-corrected chi connectivity index (χ1v) is 10.2. The van der Waals surface area contributed by atoms with Crippen molar-refractivity contribution in [2.75, 3.05) is 33.2 Å². The van der Waals surface area contributed by atoms with E-state index in [9.17, 15) is 19.2 Å². The summed E-state index contributed by atoms with van der Waals surface area (Å²) < 4.78 is 5.14. The van der Waals surface area contributed by atoms with Gasteiger partial charge in [0.05, 0.1) is 12.6 Å². The summed E-state index contributed by atoms with van der Waals surface area (Å²) in [6.45, 7) is 4.04. The minimum Gasteiger partial charge on any atom is -0.445 e. The number of nitrogens with two attached hydrogens (primary N) is 1. The fourth-order valence-electron chi connectivity index (χ4n) is 2.55. The Kier molecular flexibility index (Phi) is 14.5. The van der Waals surface area contributed by atoms with Crippen LogP contribution >= 0.6 is 12.4 Å². The molecule has 1 aromatic carbocycles. The second-order valence-electron chi connectivity index (χ2n) is 7.55. The number of hydrogen-bond donors (Lipinski definition) is 4. The van der Waals surface area contributed by atoms with Crippen molar-refractivity contribution in [1.29, 1.82) is 0 Å². The van der Waals surface area contributed by atoms with Gasteiger partial charge >= 0.3 is 6.09 Å². The second kappa shape index (κ2) is 15.9. The maximum absolute atomic E-state index is 11.9. The van der Waals surface area contributed by atoms with Crippen molar-refractivity contribution < 1.29 is 23.9 Å². The van der Waals surface area contributed by atoms with Gasteiger partial charge in [-0.15, -0.1) is 12.4 Å². The molecule has 1 aromatic rings. The predicted molar refractivity (Wildman–Crippen MR) is 123 cm³/mol. The van der Waals surface area contributed by atoms with Crippen molar-refractivity contribution in [1.82, 2.24) is 20.9 Å². The number of carbonyl (C=O) groups is 4. The molecule has 1 rings (SSSR count). The van der Waals surface area contributed by atoms with Gasteiger partial charge in [0.2, 0.25) is 17.7 Å². The maximum atomic E-state index is 11.9. The molecule has 10 nitrogen and oxygen atoms in total. The number of ether oxygens (including phenoxy) is 1. The smallest absolute Gasteiger partial charge is 0.410 e. The van der Waals surface area contributed by atoms with E-state index in [0.717, 1.165) is 10.5 Å². The summed E-state index contributed by atoms with van der Waals surface area (Å²) in [6, 6.07) is 8.57. The molecule has 0 heterocycles. The lowest BCUT2D eigenvalue weighted by Gasteiger charge is -2.17. The van der Waals surface area contributed by atoms with Gasteiger partial charge in [0, 0.05) is 20.1 Å². The van der Waals surface area contributed by atoms with Gasteiger partial charge in [-0.05, 0) is 17.9 Å². The van der Waals surface area contributed by atoms with Crippen LogP contribution < -0.4 is 21.7 Å². The molecule has 0 aromatic heterocycles. The van der Waals surface area contributed by atoms with Crippen molar-refractivity contribution in [3.63, 3.8) is 0 Å². The second-order valence-corrected chi connectivity index (χ2v) is 7.55. The normalized spacial score (nSPS) is 11.0. The van der Waals surface area contributed by atoms with Crippen LogP contribution in [0.15, 0.2) is 30.3 Å². The average Bonchev–Trinajstić information content (AvgIpc) is 2.73. The molecular formula is C21H34ClN5O5. The Morgan fingerprint density at radius 1 is 1.00 bits per heavy atom. The first-order valence-electron chi connectivity index (χ1n) is 10.2. The van der Waals surface area contributed by atoms with E-state index in [4.69, 9.17) is 10.5 Å². The van der Waals surface area contributed by atoms with Crippen LogP contribution in [-0.2, 0) is 25.7 Å². The minimum atomic E-state index is -0.650. The molecule has 32 heavy (non-hydrogen) atoms. The van der Waals surface area contributed by atoms with E-state index in [2.05, 4.69) is 16.0 Å². The molecule has 0 saturated carbocycles. The summed E-state index contributed by atoms with van der Waals surface area (Å²) in [5, 5.41) is 7.64. The molecule has 0 aliphatic rings. The van der Waals surface area contributed by atoms with Crippen LogP contribution in [0.3, 0.4) is 0 Å². The number of rotatable bonds is 12. The van der Waals surface area contributed by atoms with E-state index in [-0.39, 0.29) is 68.8 Å². The highest BCUT2D eigenvalue weighted by molar-refractivity contribution is 5.87. The molecule has 0 aliphatic heterocycles. The number of halogens is 1. The molecular weight excluding hydrogens is 438 g/mol. The summed E-state index contributed by atoms with van der Waals surface area (Å²) >= 11 is 0. The number of likely N-dealkylation sites (N-methyl/N-ethyl adjacent to an activating group) is 1. The molecule has 180 valence electrons. The van der Waals surface area contributed by atoms with Gasteiger partial charge in [0.1, 0.15) is 13.2 Å². The van der Waals surface area contributed by atoms with Crippen LogP contribution in [-0.4, -0.2) is 68.0 Å². The number of hydrogen-bond acceptors (Lipinski definition) is 6. The highest BCUT2D eigenvalue weighted by atomic mass is 35.5. The number of nitrogens with one attached hydrogen (secondary N) is 3. The number of nitrogens with zero attached hydrogens (tertiary/aromatic N) is 1. The van der Waals surface area contributed by atoms with E-state index in [1.54, 1.807) is 0 Å². The van der Waals surface area contributed by atoms with E-state index in [1.807, 2.05) is 44.2 Å². The number of amides is 4. The third-order valence-electron chi connectivity index (χ3n) is 4.15. The Morgan fingerprint density at radius 2 is 1.59 bits per heavy atom. The fourth-order valence-corrected chi connectivity index (χ4v) is 2.55. The number of benzene rings is 1. The fraction of sp³-hybridized carbons (Fsp3) is 0.524. The lowest BCUT2D eigenvalue weighted by atomic mass is 10.0. The molecule has 5 N–H and O–H groups in total. The zero-order chi connectivity index (χ0) is 23.2. The summed E-state index contributed by atoms with van der Waals surface area (Å²) in [4.78, 5) is 48.5. The molecule has 0 radical (unpaired) electrons. The van der Waals surface area contributed by atoms with Gasteiger partial charge in [0.25, 0.3) is 0 Å². The summed E-state index contributed by atoms with van der Waals surface area (Å²) in [7, 11) is 1.46. The molecule has 11 heteroatoms. The standard InChI is InChI=1S/C21H33N5O5.ClH/c1-15(2)11-17(22)20(29)25-12-18(27)23-9-10-24-19(28)13-26(3)21(30)31-14-16-7-5-4-6-8-16;/h4-8,15,17H,9-14,22H2,1-3H3,(H,23,27)(H,24,28)(H,25,29);1H. The monoisotopic (exact) mass is 471 g/mol. The SMILES string of the molecule is CC(C)CC(N)C(=O)NCC(=O)NCCNC(=O)CN(C)C(=O)OCc1ccccc1.Cl. The van der Waals surface area contributed by atoms with Gasteiger partial charge in [-0.3, -0.25) is 14.4 Å². The molecule has 1 unspecified atom stereocenters. The topological polar surface area (TPSA) is 143 Å². The Labute approximate surface area is 195 Å². The van der Waals surface area contributed by atoms with Crippen LogP contribution in [0.4, 0.5) is 4.79 Å². The van der Waals surface area contributed by atoms with Crippen LogP contribution in [0.5, 0.6) is 0 Å². The molecule has 1 atom stereocenters. The lowest BCUT2D eigenvalue weighted by molar-refractivity contribution is -0.127. The minimum absolute atomic E-state index is 0. The predicted octanol–water partition coefficient (Wildman–Crippen LogP) is 0.399. The van der Waals surface area contributed by atoms with Crippen LogP contribution in [0.25, 0.3) is 0 Å². The summed E-state index contributed by atoms with van der Waals surface area (Å²) in [5.74, 6) is -0.871. The van der Waals surface area contributed by atoms with Gasteiger partial charge in [-0.25, -0.2) is 4.79 Å². The van der Waals surface area contributed by atoms with Crippen molar-refractivity contribution in [2.45, 2.75) is 32.9 Å². The van der Waals surface area contributed by atoms with Crippen LogP contribution in [0, 0.1) is 5.92 Å². The third-order valence-corrected chi connectivity index (χ3v) is 4.15. The van der Waals surface area contributed by atoms with E-state index >= 15 is 0 Å². The van der Waals surface area contributed by atoms with Gasteiger partial charge in [0.15, 0.2) is 0 Å². The Morgan fingerprint density at radius 3 is 2.19 bits per heavy atom. The first kappa shape index (κ1) is 29.1. The van der Waals surface area contributed by atoms with Gasteiger partial charge in [-0.2, -0.15) is 0 Å². The number of carbonyl (C=O) groups excluding carboxylic acids is 4. The molecule has 4 amide bonds. The highest BCUT2D eigenvalue weighted by Gasteiger charge is 2.16. The summed E-state index contributed by atoms with van der Waals surface area (Å²) in [5.41, 5.74) is 6.59. The van der Waals surface area contributed by atoms with Crippen molar-refractivity contribution in [3.05, 3.63) is 35.9 Å². The van der Waals surface area contributed by atoms with E-state index in [0.29, 0.717) is 6.42 Å². The Hall–Kier alpha value is -2.85. The van der Waals surface area contributed by atoms with Crippen LogP contribution in [0.1, 0.15) is 25.8 Å². The third kappa shape index (κ3) is 12.8. The van der Waals surface area contributed by atoms with E-state index in [1.165, 1.54) is 7.05 Å². The van der Waals surface area contributed by atoms with Crippen molar-refractivity contribution in [2.24, 2.45) is 11.7 Å². The lowest BCUT2D eigenvalue weighted by Crippen LogP contribution is -2.46. The Balaban J connectivity index is 0.00000961. The molecule has 0 spiro atoms. The quantitative estimate of drug-likeness (QED) is 0.325. The van der Waals surface area contributed by atoms with E-state index < -0.39 is 12.1 Å². The Bertz CT molecular complexity index is 733. The molecule has 0 bridgehead atoms.